The molecule has 3 atom stereocenters. The first-order valence-corrected chi connectivity index (χ1v) is 7.22. The molecule has 0 saturated heterocycles. The molecule has 1 fully saturated rings. The van der Waals surface area contributed by atoms with Crippen molar-refractivity contribution >= 4 is 0 Å². The molecule has 1 N–H and O–H groups in total. The van der Waals surface area contributed by atoms with E-state index in [0.717, 1.165) is 18.5 Å². The Morgan fingerprint density at radius 3 is 2.75 bits per heavy atom. The number of hydrogen-bond donors (Lipinski definition) is 1. The summed E-state index contributed by atoms with van der Waals surface area (Å²) in [6.07, 6.45) is 1.60. The van der Waals surface area contributed by atoms with Gasteiger partial charge in [-0.3, -0.25) is 4.68 Å². The van der Waals surface area contributed by atoms with E-state index in [2.05, 4.69) is 10.4 Å². The molecule has 3 nitrogen and oxygen atoms in total. The smallest absolute Gasteiger partial charge is 0.313 e. The molecule has 1 saturated carbocycles. The second kappa shape index (κ2) is 6.16. The molecule has 0 aliphatic heterocycles. The summed E-state index contributed by atoms with van der Waals surface area (Å²) in [5.74, 6) is -1.13. The van der Waals surface area contributed by atoms with Gasteiger partial charge in [0, 0.05) is 24.3 Å². The Kier molecular flexibility index (Phi) is 4.73. The van der Waals surface area contributed by atoms with Crippen LogP contribution < -0.4 is 5.32 Å². The quantitative estimate of drug-likeness (QED) is 0.919. The first kappa shape index (κ1) is 15.4. The van der Waals surface area contributed by atoms with Crippen molar-refractivity contribution in [1.29, 1.82) is 0 Å². The van der Waals surface area contributed by atoms with Gasteiger partial charge in [0.05, 0.1) is 12.1 Å². The molecular formula is C14H22F3N3. The molecule has 2 rings (SSSR count). The maximum absolute atomic E-state index is 12.9. The third kappa shape index (κ3) is 3.34. The van der Waals surface area contributed by atoms with Crippen molar-refractivity contribution in [3.05, 3.63) is 18.0 Å². The van der Waals surface area contributed by atoms with E-state index in [0.29, 0.717) is 6.42 Å². The minimum atomic E-state index is -4.06. The standard InChI is InChI=1S/C14H22F3N3/c1-3-20-9-11(8-19-20)13(18-2)10-5-4-6-12(7-10)14(15,16)17/h8-10,12-13,18H,3-7H2,1-2H3. The lowest BCUT2D eigenvalue weighted by molar-refractivity contribution is -0.186. The van der Waals surface area contributed by atoms with E-state index in [-0.39, 0.29) is 24.8 Å². The molecule has 0 amide bonds. The van der Waals surface area contributed by atoms with E-state index in [1.807, 2.05) is 24.9 Å². The highest BCUT2D eigenvalue weighted by Crippen LogP contribution is 2.43. The molecule has 0 radical (unpaired) electrons. The van der Waals surface area contributed by atoms with E-state index >= 15 is 0 Å². The molecule has 0 spiro atoms. The van der Waals surface area contributed by atoms with E-state index in [1.54, 1.807) is 6.20 Å². The Bertz CT molecular complexity index is 428. The van der Waals surface area contributed by atoms with E-state index in [4.69, 9.17) is 0 Å². The van der Waals surface area contributed by atoms with Crippen LogP contribution in [0.2, 0.25) is 0 Å². The number of nitrogens with one attached hydrogen (secondary N) is 1. The van der Waals surface area contributed by atoms with Crippen LogP contribution in [0, 0.1) is 11.8 Å². The predicted molar refractivity (Wildman–Crippen MR) is 71.2 cm³/mol. The lowest BCUT2D eigenvalue weighted by atomic mass is 9.76. The lowest BCUT2D eigenvalue weighted by Gasteiger charge is -2.35. The van der Waals surface area contributed by atoms with Crippen LogP contribution in [-0.2, 0) is 6.54 Å². The van der Waals surface area contributed by atoms with E-state index in [1.165, 1.54) is 0 Å². The molecular weight excluding hydrogens is 267 g/mol. The zero-order valence-electron chi connectivity index (χ0n) is 12.0. The summed E-state index contributed by atoms with van der Waals surface area (Å²) in [5, 5.41) is 7.40. The minimum Gasteiger partial charge on any atom is -0.313 e. The van der Waals surface area contributed by atoms with Gasteiger partial charge in [0.1, 0.15) is 0 Å². The highest BCUT2D eigenvalue weighted by Gasteiger charge is 2.43. The average Bonchev–Trinajstić information content (AvgIpc) is 2.88. The lowest BCUT2D eigenvalue weighted by Crippen LogP contribution is -2.34. The van der Waals surface area contributed by atoms with Gasteiger partial charge >= 0.3 is 6.18 Å². The van der Waals surface area contributed by atoms with Crippen molar-refractivity contribution in [3.63, 3.8) is 0 Å². The maximum Gasteiger partial charge on any atom is 0.391 e. The van der Waals surface area contributed by atoms with Crippen molar-refractivity contribution in [2.45, 2.75) is 51.4 Å². The van der Waals surface area contributed by atoms with E-state index in [9.17, 15) is 13.2 Å². The first-order chi connectivity index (χ1) is 9.45. The monoisotopic (exact) mass is 289 g/mol. The summed E-state index contributed by atoms with van der Waals surface area (Å²) < 4.78 is 40.5. The number of nitrogens with zero attached hydrogens (tertiary/aromatic N) is 2. The summed E-state index contributed by atoms with van der Waals surface area (Å²) in [4.78, 5) is 0. The fourth-order valence-corrected chi connectivity index (χ4v) is 3.22. The third-order valence-electron chi connectivity index (χ3n) is 4.30. The fourth-order valence-electron chi connectivity index (χ4n) is 3.22. The van der Waals surface area contributed by atoms with Crippen LogP contribution in [0.25, 0.3) is 0 Å². The van der Waals surface area contributed by atoms with Crippen molar-refractivity contribution in [3.8, 4) is 0 Å². The number of hydrogen-bond acceptors (Lipinski definition) is 2. The molecule has 114 valence electrons. The zero-order chi connectivity index (χ0) is 14.8. The Labute approximate surface area is 117 Å². The first-order valence-electron chi connectivity index (χ1n) is 7.22. The van der Waals surface area contributed by atoms with Gasteiger partial charge in [-0.1, -0.05) is 6.42 Å². The topological polar surface area (TPSA) is 29.9 Å². The molecule has 1 aliphatic carbocycles. The zero-order valence-corrected chi connectivity index (χ0v) is 12.0. The van der Waals surface area contributed by atoms with E-state index < -0.39 is 12.1 Å². The van der Waals surface area contributed by atoms with Crippen LogP contribution in [0.4, 0.5) is 13.2 Å². The van der Waals surface area contributed by atoms with Gasteiger partial charge in [-0.2, -0.15) is 18.3 Å². The van der Waals surface area contributed by atoms with Gasteiger partial charge in [-0.05, 0) is 39.2 Å². The highest BCUT2D eigenvalue weighted by atomic mass is 19.4. The van der Waals surface area contributed by atoms with Gasteiger partial charge < -0.3 is 5.32 Å². The van der Waals surface area contributed by atoms with Gasteiger partial charge in [0.15, 0.2) is 0 Å². The number of halogens is 3. The Balaban J connectivity index is 2.11. The van der Waals surface area contributed by atoms with Gasteiger partial charge in [-0.25, -0.2) is 0 Å². The molecule has 0 aromatic carbocycles. The maximum atomic E-state index is 12.9. The fraction of sp³-hybridized carbons (Fsp3) is 0.786. The second-order valence-corrected chi connectivity index (χ2v) is 5.56. The molecule has 6 heteroatoms. The summed E-state index contributed by atoms with van der Waals surface area (Å²) in [6.45, 7) is 2.76. The number of rotatable bonds is 4. The van der Waals surface area contributed by atoms with Gasteiger partial charge in [-0.15, -0.1) is 0 Å². The van der Waals surface area contributed by atoms with Crippen molar-refractivity contribution in [2.75, 3.05) is 7.05 Å². The largest absolute Gasteiger partial charge is 0.391 e. The number of aryl methyl sites for hydroxylation is 1. The predicted octanol–water partition coefficient (Wildman–Crippen LogP) is 3.53. The number of aromatic nitrogens is 2. The molecule has 1 heterocycles. The van der Waals surface area contributed by atoms with Crippen molar-refractivity contribution in [2.24, 2.45) is 11.8 Å². The molecule has 1 aromatic heterocycles. The summed E-state index contributed by atoms with van der Waals surface area (Å²) in [5.41, 5.74) is 0.988. The van der Waals surface area contributed by atoms with Gasteiger partial charge in [0.2, 0.25) is 0 Å². The van der Waals surface area contributed by atoms with Crippen LogP contribution in [0.15, 0.2) is 12.4 Å². The average molecular weight is 289 g/mol. The molecule has 0 bridgehead atoms. The Morgan fingerprint density at radius 2 is 2.20 bits per heavy atom. The minimum absolute atomic E-state index is 0.0230. The summed E-state index contributed by atoms with van der Waals surface area (Å²) in [6, 6.07) is -0.0413. The molecule has 1 aliphatic rings. The van der Waals surface area contributed by atoms with Crippen LogP contribution in [0.5, 0.6) is 0 Å². The summed E-state index contributed by atoms with van der Waals surface area (Å²) in [7, 11) is 1.81. The normalized spacial score (nSPS) is 25.6. The van der Waals surface area contributed by atoms with Crippen LogP contribution in [-0.4, -0.2) is 23.0 Å². The number of alkyl halides is 3. The Morgan fingerprint density at radius 1 is 1.45 bits per heavy atom. The third-order valence-corrected chi connectivity index (χ3v) is 4.30. The van der Waals surface area contributed by atoms with Crippen molar-refractivity contribution < 1.29 is 13.2 Å². The highest BCUT2D eigenvalue weighted by molar-refractivity contribution is 5.12. The Hall–Kier alpha value is -1.04. The molecule has 3 unspecified atom stereocenters. The second-order valence-electron chi connectivity index (χ2n) is 5.56. The van der Waals surface area contributed by atoms with Crippen LogP contribution in [0.3, 0.4) is 0 Å². The molecule has 1 aromatic rings. The van der Waals surface area contributed by atoms with Crippen molar-refractivity contribution in [1.82, 2.24) is 15.1 Å². The summed E-state index contributed by atoms with van der Waals surface area (Å²) >= 11 is 0. The molecule has 20 heavy (non-hydrogen) atoms. The SMILES string of the molecule is CCn1cc(C(NC)C2CCCC(C(F)(F)F)C2)cn1. The van der Waals surface area contributed by atoms with Crippen LogP contribution >= 0.6 is 0 Å². The van der Waals surface area contributed by atoms with Gasteiger partial charge in [0.25, 0.3) is 0 Å². The van der Waals surface area contributed by atoms with Crippen LogP contribution in [0.1, 0.15) is 44.2 Å².